The fourth-order valence-corrected chi connectivity index (χ4v) is 5.56. The van der Waals surface area contributed by atoms with Crippen LogP contribution in [0.5, 0.6) is 0 Å². The number of aromatic amines is 1. The zero-order valence-corrected chi connectivity index (χ0v) is 21.9. The van der Waals surface area contributed by atoms with E-state index in [2.05, 4.69) is 11.9 Å². The first kappa shape index (κ1) is 25.4. The molecule has 0 aliphatic carbocycles. The molecule has 1 amide bonds. The van der Waals surface area contributed by atoms with E-state index in [1.165, 1.54) is 30.8 Å². The third kappa shape index (κ3) is 4.49. The number of furan rings is 1. The number of unbranched alkanes of at least 4 members (excludes halogenated alkanes) is 1. The molecule has 10 nitrogen and oxygen atoms in total. The monoisotopic (exact) mass is 532 g/mol. The van der Waals surface area contributed by atoms with E-state index in [4.69, 9.17) is 9.52 Å². The lowest BCUT2D eigenvalue weighted by molar-refractivity contribution is -0.764. The van der Waals surface area contributed by atoms with E-state index in [0.717, 1.165) is 18.6 Å². The number of H-pyrrole nitrogens is 1. The number of non-ortho nitro benzene ring substituents is 1. The molecule has 1 atom stereocenters. The number of rotatable bonds is 7. The van der Waals surface area contributed by atoms with E-state index in [9.17, 15) is 19.7 Å². The minimum absolute atomic E-state index is 0.00863. The molecule has 1 aliphatic rings. The highest BCUT2D eigenvalue weighted by Crippen LogP contribution is 2.39. The Morgan fingerprint density at radius 1 is 1.21 bits per heavy atom. The lowest BCUT2D eigenvalue weighted by atomic mass is 10.0. The summed E-state index contributed by atoms with van der Waals surface area (Å²) in [6.45, 7) is 5.33. The van der Waals surface area contributed by atoms with Gasteiger partial charge in [0.05, 0.1) is 16.2 Å². The van der Waals surface area contributed by atoms with Gasteiger partial charge in [-0.05, 0) is 53.9 Å². The Hall–Kier alpha value is -4.25. The van der Waals surface area contributed by atoms with Crippen molar-refractivity contribution in [2.45, 2.75) is 44.9 Å². The summed E-state index contributed by atoms with van der Waals surface area (Å²) in [4.78, 5) is 41.6. The maximum atomic E-state index is 13.4. The Morgan fingerprint density at radius 2 is 2.00 bits per heavy atom. The maximum absolute atomic E-state index is 13.4. The van der Waals surface area contributed by atoms with Crippen LogP contribution in [0.25, 0.3) is 22.6 Å². The molecular formula is C27H26N5O5S+. The van der Waals surface area contributed by atoms with Gasteiger partial charge >= 0.3 is 17.4 Å². The van der Waals surface area contributed by atoms with Crippen LogP contribution in [0.4, 0.5) is 11.4 Å². The van der Waals surface area contributed by atoms with Crippen LogP contribution in [0.3, 0.4) is 0 Å². The first-order valence-corrected chi connectivity index (χ1v) is 13.2. The number of fused-ring (bicyclic) bond motifs is 3. The van der Waals surface area contributed by atoms with Crippen molar-refractivity contribution in [3.05, 3.63) is 86.4 Å². The molecule has 0 saturated carbocycles. The Kier molecular flexibility index (Phi) is 6.85. The molecule has 0 unspecified atom stereocenters. The van der Waals surface area contributed by atoms with Gasteiger partial charge in [0.1, 0.15) is 5.76 Å². The minimum atomic E-state index is -0.850. The van der Waals surface area contributed by atoms with Gasteiger partial charge in [-0.3, -0.25) is 24.7 Å². The number of nitro benzene ring substituents is 1. The van der Waals surface area contributed by atoms with Crippen molar-refractivity contribution in [1.82, 2.24) is 10.1 Å². The molecule has 0 saturated heterocycles. The van der Waals surface area contributed by atoms with Gasteiger partial charge in [0.15, 0.2) is 5.76 Å². The lowest BCUT2D eigenvalue weighted by Crippen LogP contribution is -2.60. The quantitative estimate of drug-likeness (QED) is 0.117. The van der Waals surface area contributed by atoms with E-state index >= 15 is 0 Å². The highest BCUT2D eigenvalue weighted by atomic mass is 32.2. The summed E-state index contributed by atoms with van der Waals surface area (Å²) in [6, 6.07) is 15.3. The second-order valence-electron chi connectivity index (χ2n) is 8.99. The third-order valence-electron chi connectivity index (χ3n) is 6.40. The number of hydrogen-bond acceptors (Lipinski definition) is 7. The third-order valence-corrected chi connectivity index (χ3v) is 7.35. The number of nitrogens with zero attached hydrogens (tertiary/aromatic N) is 4. The maximum Gasteiger partial charge on any atom is 0.325 e. The molecule has 1 N–H and O–H groups in total. The van der Waals surface area contributed by atoms with E-state index in [1.807, 2.05) is 12.1 Å². The van der Waals surface area contributed by atoms with E-state index < -0.39 is 11.1 Å². The van der Waals surface area contributed by atoms with E-state index in [0.29, 0.717) is 44.7 Å². The first-order chi connectivity index (χ1) is 18.3. The Bertz CT molecular complexity index is 1610. The summed E-state index contributed by atoms with van der Waals surface area (Å²) in [5, 5.41) is 16.4. The Balaban J connectivity index is 1.67. The predicted molar refractivity (Wildman–Crippen MR) is 143 cm³/mol. The van der Waals surface area contributed by atoms with E-state index in [1.54, 1.807) is 46.8 Å². The summed E-state index contributed by atoms with van der Waals surface area (Å²) >= 11 is 1.45. The zero-order valence-electron chi connectivity index (χ0n) is 21.1. The standard InChI is InChI=1S/C27H25N5O5S/c1-4-5-14-38-27-28-25(34)24-20-8-6-7-9-21(20)30(17(3)33)26(31(24)29-27)23-13-12-22(37-23)19-11-10-18(32(35)36)15-16(19)2/h6-13,15,26H,4-5,14H2,1-3H3/p+1/t26-/m1/s1. The fraction of sp³-hybridized carbons (Fsp3) is 0.259. The molecule has 1 aliphatic heterocycles. The van der Waals surface area contributed by atoms with Crippen molar-refractivity contribution in [3.8, 4) is 22.6 Å². The van der Waals surface area contributed by atoms with Gasteiger partial charge < -0.3 is 4.42 Å². The molecule has 0 spiro atoms. The Morgan fingerprint density at radius 3 is 2.71 bits per heavy atom. The van der Waals surface area contributed by atoms with Crippen LogP contribution >= 0.6 is 11.8 Å². The molecule has 4 aromatic rings. The van der Waals surface area contributed by atoms with Crippen LogP contribution in [0.1, 0.15) is 44.2 Å². The van der Waals surface area contributed by atoms with Gasteiger partial charge in [-0.1, -0.05) is 37.2 Å². The van der Waals surface area contributed by atoms with Crippen LogP contribution in [0.15, 0.2) is 69.0 Å². The van der Waals surface area contributed by atoms with Gasteiger partial charge in [-0.2, -0.15) is 0 Å². The highest BCUT2D eigenvalue weighted by molar-refractivity contribution is 7.99. The smallest absolute Gasteiger partial charge is 0.325 e. The normalized spacial score (nSPS) is 14.2. The average molecular weight is 533 g/mol. The lowest BCUT2D eigenvalue weighted by Gasteiger charge is -2.30. The number of aryl methyl sites for hydroxylation is 1. The van der Waals surface area contributed by atoms with Crippen LogP contribution in [0.2, 0.25) is 0 Å². The summed E-state index contributed by atoms with van der Waals surface area (Å²) in [5.41, 5.74) is 2.54. The fourth-order valence-electron chi connectivity index (χ4n) is 4.62. The number of carbonyl (C=O) groups excluding carboxylic acids is 1. The summed E-state index contributed by atoms with van der Waals surface area (Å²) in [6.07, 6.45) is 1.14. The minimum Gasteiger partial charge on any atom is -0.452 e. The van der Waals surface area contributed by atoms with Crippen LogP contribution < -0.4 is 15.1 Å². The number of hydrogen-bond donors (Lipinski definition) is 1. The number of aromatic nitrogens is 3. The molecule has 11 heteroatoms. The molecule has 2 aromatic heterocycles. The summed E-state index contributed by atoms with van der Waals surface area (Å²) in [5.74, 6) is 1.43. The molecule has 0 fully saturated rings. The number of carbonyl (C=O) groups is 1. The number of nitro groups is 1. The van der Waals surface area contributed by atoms with Gasteiger partial charge in [-0.25, -0.2) is 4.90 Å². The van der Waals surface area contributed by atoms with Crippen molar-refractivity contribution in [3.63, 3.8) is 0 Å². The number of benzene rings is 2. The number of anilines is 1. The molecule has 0 radical (unpaired) electrons. The number of para-hydroxylation sites is 1. The first-order valence-electron chi connectivity index (χ1n) is 12.2. The second-order valence-corrected chi connectivity index (χ2v) is 10.1. The highest BCUT2D eigenvalue weighted by Gasteiger charge is 2.46. The SMILES string of the molecule is CCCCSc1n[n+]2c(c(=O)[nH]1)-c1ccccc1N(C(C)=O)[C@H]2c1ccc(-c2ccc([N+](=O)[O-])cc2C)o1. The number of amides is 1. The van der Waals surface area contributed by atoms with Crippen molar-refractivity contribution < 1.29 is 18.8 Å². The second kappa shape index (κ2) is 10.3. The summed E-state index contributed by atoms with van der Waals surface area (Å²) in [7, 11) is 0. The average Bonchev–Trinajstić information content (AvgIpc) is 3.37. The predicted octanol–water partition coefficient (Wildman–Crippen LogP) is 5.01. The number of thioether (sulfide) groups is 1. The van der Waals surface area contributed by atoms with Crippen LogP contribution in [-0.4, -0.2) is 26.7 Å². The van der Waals surface area contributed by atoms with Crippen LogP contribution in [-0.2, 0) is 4.79 Å². The molecule has 2 aromatic carbocycles. The topological polar surface area (TPSA) is 126 Å². The molecule has 5 rings (SSSR count). The van der Waals surface area contributed by atoms with Crippen LogP contribution in [0, 0.1) is 17.0 Å². The molecular weight excluding hydrogens is 506 g/mol. The molecule has 3 heterocycles. The van der Waals surface area contributed by atoms with Gasteiger partial charge in [-0.15, -0.1) is 0 Å². The van der Waals surface area contributed by atoms with Crippen molar-refractivity contribution in [2.24, 2.45) is 0 Å². The number of nitrogens with one attached hydrogen (secondary N) is 1. The van der Waals surface area contributed by atoms with E-state index in [-0.39, 0.29) is 17.2 Å². The van der Waals surface area contributed by atoms with Crippen molar-refractivity contribution in [1.29, 1.82) is 0 Å². The largest absolute Gasteiger partial charge is 0.452 e. The molecule has 38 heavy (non-hydrogen) atoms. The van der Waals surface area contributed by atoms with Crippen molar-refractivity contribution >= 4 is 29.0 Å². The molecule has 194 valence electrons. The van der Waals surface area contributed by atoms with Crippen molar-refractivity contribution in [2.75, 3.05) is 10.7 Å². The van der Waals surface area contributed by atoms with Gasteiger partial charge in [0.2, 0.25) is 11.1 Å². The van der Waals surface area contributed by atoms with Gasteiger partial charge in [0.25, 0.3) is 5.69 Å². The Labute approximate surface area is 222 Å². The summed E-state index contributed by atoms with van der Waals surface area (Å²) < 4.78 is 7.84. The molecule has 0 bridgehead atoms. The zero-order chi connectivity index (χ0) is 27.0. The van der Waals surface area contributed by atoms with Gasteiger partial charge in [0, 0.05) is 35.5 Å².